The van der Waals surface area contributed by atoms with Crippen molar-refractivity contribution in [2.45, 2.75) is 13.8 Å². The molecular formula is C11H11ClO2. The quantitative estimate of drug-likeness (QED) is 0.762. The van der Waals surface area contributed by atoms with Crippen molar-refractivity contribution in [3.05, 3.63) is 39.9 Å². The highest BCUT2D eigenvalue weighted by Gasteiger charge is 2.00. The van der Waals surface area contributed by atoms with Crippen LogP contribution in [0, 0.1) is 13.8 Å². The van der Waals surface area contributed by atoms with E-state index in [0.717, 1.165) is 22.8 Å². The van der Waals surface area contributed by atoms with Gasteiger partial charge in [-0.25, -0.2) is 4.79 Å². The van der Waals surface area contributed by atoms with Crippen LogP contribution in [0.2, 0.25) is 5.02 Å². The minimum absolute atomic E-state index is 0.704. The van der Waals surface area contributed by atoms with E-state index in [4.69, 9.17) is 16.7 Å². The van der Waals surface area contributed by atoms with Gasteiger partial charge in [0.15, 0.2) is 0 Å². The van der Waals surface area contributed by atoms with E-state index in [-0.39, 0.29) is 0 Å². The third kappa shape index (κ3) is 2.60. The van der Waals surface area contributed by atoms with Crippen molar-refractivity contribution in [3.8, 4) is 0 Å². The molecule has 14 heavy (non-hydrogen) atoms. The van der Waals surface area contributed by atoms with E-state index < -0.39 is 5.97 Å². The molecule has 0 atom stereocenters. The Morgan fingerprint density at radius 3 is 2.57 bits per heavy atom. The van der Waals surface area contributed by atoms with Gasteiger partial charge in [-0.3, -0.25) is 0 Å². The summed E-state index contributed by atoms with van der Waals surface area (Å²) in [6, 6.07) is 3.70. The van der Waals surface area contributed by atoms with Crippen LogP contribution in [-0.4, -0.2) is 11.1 Å². The van der Waals surface area contributed by atoms with E-state index in [1.165, 1.54) is 0 Å². The summed E-state index contributed by atoms with van der Waals surface area (Å²) in [6.45, 7) is 3.78. The molecule has 1 aromatic rings. The molecule has 0 unspecified atom stereocenters. The van der Waals surface area contributed by atoms with E-state index in [0.29, 0.717) is 5.02 Å². The zero-order valence-electron chi connectivity index (χ0n) is 8.04. The Bertz CT molecular complexity index is 395. The lowest BCUT2D eigenvalue weighted by atomic mass is 10.1. The van der Waals surface area contributed by atoms with Gasteiger partial charge in [-0.15, -0.1) is 0 Å². The first-order valence-corrected chi connectivity index (χ1v) is 4.56. The molecule has 0 radical (unpaired) electrons. The lowest BCUT2D eigenvalue weighted by Gasteiger charge is -2.03. The van der Waals surface area contributed by atoms with Crippen LogP contribution < -0.4 is 0 Å². The summed E-state index contributed by atoms with van der Waals surface area (Å²) in [6.07, 6.45) is 2.69. The topological polar surface area (TPSA) is 37.3 Å². The van der Waals surface area contributed by atoms with Crippen molar-refractivity contribution in [1.29, 1.82) is 0 Å². The fraction of sp³-hybridized carbons (Fsp3) is 0.182. The maximum Gasteiger partial charge on any atom is 0.328 e. The molecular weight excluding hydrogens is 200 g/mol. The second kappa shape index (κ2) is 4.29. The summed E-state index contributed by atoms with van der Waals surface area (Å²) in [4.78, 5) is 10.3. The van der Waals surface area contributed by atoms with E-state index in [1.807, 2.05) is 26.0 Å². The van der Waals surface area contributed by atoms with Gasteiger partial charge in [0.05, 0.1) is 0 Å². The highest BCUT2D eigenvalue weighted by atomic mass is 35.5. The van der Waals surface area contributed by atoms with E-state index >= 15 is 0 Å². The molecule has 0 aliphatic heterocycles. The normalized spacial score (nSPS) is 10.8. The summed E-state index contributed by atoms with van der Waals surface area (Å²) in [5, 5.41) is 9.18. The van der Waals surface area contributed by atoms with Crippen LogP contribution in [0.3, 0.4) is 0 Å². The Morgan fingerprint density at radius 2 is 2.00 bits per heavy atom. The number of benzene rings is 1. The predicted molar refractivity (Wildman–Crippen MR) is 57.6 cm³/mol. The van der Waals surface area contributed by atoms with Gasteiger partial charge < -0.3 is 5.11 Å². The molecule has 0 amide bonds. The highest BCUT2D eigenvalue weighted by Crippen LogP contribution is 2.21. The van der Waals surface area contributed by atoms with Crippen molar-refractivity contribution in [2.24, 2.45) is 0 Å². The van der Waals surface area contributed by atoms with Crippen LogP contribution in [0.25, 0.3) is 6.08 Å². The van der Waals surface area contributed by atoms with Gasteiger partial charge >= 0.3 is 5.97 Å². The third-order valence-electron chi connectivity index (χ3n) is 1.95. The van der Waals surface area contributed by atoms with E-state index in [2.05, 4.69) is 0 Å². The van der Waals surface area contributed by atoms with Crippen molar-refractivity contribution < 1.29 is 9.90 Å². The maximum absolute atomic E-state index is 10.3. The summed E-state index contributed by atoms with van der Waals surface area (Å²) in [5.74, 6) is -0.947. The number of rotatable bonds is 2. The molecule has 0 saturated heterocycles. The number of hydrogen-bond donors (Lipinski definition) is 1. The first-order valence-electron chi connectivity index (χ1n) is 4.18. The molecule has 3 heteroatoms. The Hall–Kier alpha value is -1.28. The zero-order valence-corrected chi connectivity index (χ0v) is 8.80. The number of halogens is 1. The number of carbonyl (C=O) groups is 1. The lowest BCUT2D eigenvalue weighted by Crippen LogP contribution is -1.88. The maximum atomic E-state index is 10.3. The van der Waals surface area contributed by atoms with Gasteiger partial charge in [0, 0.05) is 11.1 Å². The number of aryl methyl sites for hydroxylation is 2. The van der Waals surface area contributed by atoms with Crippen LogP contribution in [0.15, 0.2) is 18.2 Å². The minimum atomic E-state index is -0.947. The molecule has 1 N–H and O–H groups in total. The zero-order chi connectivity index (χ0) is 10.7. The summed E-state index contributed by atoms with van der Waals surface area (Å²) in [5.41, 5.74) is 2.80. The molecule has 0 spiro atoms. The largest absolute Gasteiger partial charge is 0.478 e. The summed E-state index contributed by atoms with van der Waals surface area (Å²) < 4.78 is 0. The van der Waals surface area contributed by atoms with Crippen LogP contribution >= 0.6 is 11.6 Å². The Balaban J connectivity index is 3.10. The average molecular weight is 211 g/mol. The molecule has 0 saturated carbocycles. The number of carboxylic acid groups (broad SMARTS) is 1. The second-order valence-electron chi connectivity index (χ2n) is 3.13. The Labute approximate surface area is 87.8 Å². The fourth-order valence-electron chi connectivity index (χ4n) is 1.14. The van der Waals surface area contributed by atoms with Gasteiger partial charge in [-0.2, -0.15) is 0 Å². The molecule has 0 aliphatic rings. The molecule has 0 aromatic heterocycles. The van der Waals surface area contributed by atoms with Crippen LogP contribution in [-0.2, 0) is 4.79 Å². The number of aliphatic carboxylic acids is 1. The lowest BCUT2D eigenvalue weighted by molar-refractivity contribution is -0.131. The average Bonchev–Trinajstić information content (AvgIpc) is 2.09. The van der Waals surface area contributed by atoms with Gasteiger partial charge in [0.2, 0.25) is 0 Å². The first kappa shape index (κ1) is 10.8. The molecule has 1 aromatic carbocycles. The molecule has 74 valence electrons. The number of carboxylic acids is 1. The van der Waals surface area contributed by atoms with Crippen molar-refractivity contribution in [2.75, 3.05) is 0 Å². The van der Waals surface area contributed by atoms with Crippen LogP contribution in [0.4, 0.5) is 0 Å². The molecule has 0 heterocycles. The first-order chi connectivity index (χ1) is 6.50. The van der Waals surface area contributed by atoms with Crippen molar-refractivity contribution in [3.63, 3.8) is 0 Å². The number of hydrogen-bond acceptors (Lipinski definition) is 1. The standard InChI is InChI=1S/C11H11ClO2/c1-7-6-10(12)8(2)5-9(7)3-4-11(13)14/h3-6H,1-2H3,(H,13,14)/b4-3+. The molecule has 2 nitrogen and oxygen atoms in total. The minimum Gasteiger partial charge on any atom is -0.478 e. The van der Waals surface area contributed by atoms with Gasteiger partial charge in [-0.1, -0.05) is 17.7 Å². The predicted octanol–water partition coefficient (Wildman–Crippen LogP) is 3.05. The van der Waals surface area contributed by atoms with E-state index in [1.54, 1.807) is 6.08 Å². The monoisotopic (exact) mass is 210 g/mol. The second-order valence-corrected chi connectivity index (χ2v) is 3.54. The molecule has 0 fully saturated rings. The van der Waals surface area contributed by atoms with Crippen LogP contribution in [0.5, 0.6) is 0 Å². The van der Waals surface area contributed by atoms with Gasteiger partial charge in [0.25, 0.3) is 0 Å². The van der Waals surface area contributed by atoms with Gasteiger partial charge in [-0.05, 0) is 42.7 Å². The van der Waals surface area contributed by atoms with Gasteiger partial charge in [0.1, 0.15) is 0 Å². The van der Waals surface area contributed by atoms with Crippen molar-refractivity contribution in [1.82, 2.24) is 0 Å². The third-order valence-corrected chi connectivity index (χ3v) is 2.36. The molecule has 0 aliphatic carbocycles. The molecule has 0 bridgehead atoms. The van der Waals surface area contributed by atoms with E-state index in [9.17, 15) is 4.79 Å². The van der Waals surface area contributed by atoms with Crippen molar-refractivity contribution >= 4 is 23.6 Å². The summed E-state index contributed by atoms with van der Waals surface area (Å²) in [7, 11) is 0. The highest BCUT2D eigenvalue weighted by molar-refractivity contribution is 6.31. The fourth-order valence-corrected chi connectivity index (χ4v) is 1.36. The van der Waals surface area contributed by atoms with Crippen LogP contribution in [0.1, 0.15) is 16.7 Å². The SMILES string of the molecule is Cc1cc(/C=C/C(=O)O)c(C)cc1Cl. The summed E-state index contributed by atoms with van der Waals surface area (Å²) >= 11 is 5.91. The Morgan fingerprint density at radius 1 is 1.36 bits per heavy atom. The molecule has 1 rings (SSSR count). The smallest absolute Gasteiger partial charge is 0.328 e. The Kier molecular flexibility index (Phi) is 3.31.